The van der Waals surface area contributed by atoms with Crippen LogP contribution in [-0.4, -0.2) is 30.4 Å². The molecule has 1 aromatic carbocycles. The minimum absolute atomic E-state index is 0.284. The first-order chi connectivity index (χ1) is 7.13. The van der Waals surface area contributed by atoms with E-state index in [1.54, 1.807) is 18.2 Å². The number of hydrogen-bond donors (Lipinski definition) is 1. The second kappa shape index (κ2) is 5.32. The summed E-state index contributed by atoms with van der Waals surface area (Å²) in [5.41, 5.74) is 1.77. The Morgan fingerprint density at radius 3 is 2.73 bits per heavy atom. The molecule has 1 rings (SSSR count). The fourth-order valence-corrected chi connectivity index (χ4v) is 1.33. The van der Waals surface area contributed by atoms with Gasteiger partial charge in [-0.3, -0.25) is 4.79 Å². The van der Waals surface area contributed by atoms with Gasteiger partial charge in [-0.25, -0.2) is 0 Å². The number of aldehydes is 1. The topological polar surface area (TPSA) is 40.5 Å². The largest absolute Gasteiger partial charge is 0.508 e. The summed E-state index contributed by atoms with van der Waals surface area (Å²) >= 11 is 0. The molecule has 0 amide bonds. The molecule has 3 nitrogen and oxygen atoms in total. The summed E-state index contributed by atoms with van der Waals surface area (Å²) in [6.45, 7) is 0.675. The predicted octanol–water partition coefficient (Wildman–Crippen LogP) is 1.67. The van der Waals surface area contributed by atoms with Gasteiger partial charge in [-0.2, -0.15) is 0 Å². The number of benzene rings is 1. The van der Waals surface area contributed by atoms with Gasteiger partial charge >= 0.3 is 0 Å². The SMILES string of the molecule is CN(C)Cc1cc(C=CC=O)ccc1O. The van der Waals surface area contributed by atoms with Crippen LogP contribution in [0.5, 0.6) is 5.75 Å². The molecule has 0 spiro atoms. The van der Waals surface area contributed by atoms with Gasteiger partial charge in [-0.05, 0) is 37.9 Å². The molecule has 0 aliphatic rings. The fourth-order valence-electron chi connectivity index (χ4n) is 1.33. The Labute approximate surface area is 89.6 Å². The van der Waals surface area contributed by atoms with Gasteiger partial charge in [0.15, 0.2) is 0 Å². The zero-order chi connectivity index (χ0) is 11.3. The smallest absolute Gasteiger partial charge is 0.142 e. The third-order valence-corrected chi connectivity index (χ3v) is 1.96. The van der Waals surface area contributed by atoms with Crippen molar-refractivity contribution in [3.63, 3.8) is 0 Å². The van der Waals surface area contributed by atoms with Crippen LogP contribution in [0.15, 0.2) is 24.3 Å². The lowest BCUT2D eigenvalue weighted by molar-refractivity contribution is -0.104. The van der Waals surface area contributed by atoms with Gasteiger partial charge in [0.2, 0.25) is 0 Å². The molecular weight excluding hydrogens is 190 g/mol. The van der Waals surface area contributed by atoms with Crippen molar-refractivity contribution in [3.8, 4) is 5.75 Å². The molecule has 0 aliphatic heterocycles. The lowest BCUT2D eigenvalue weighted by atomic mass is 10.1. The van der Waals surface area contributed by atoms with Gasteiger partial charge in [-0.15, -0.1) is 0 Å². The van der Waals surface area contributed by atoms with E-state index in [4.69, 9.17) is 0 Å². The van der Waals surface area contributed by atoms with E-state index >= 15 is 0 Å². The molecule has 0 aliphatic carbocycles. The Bertz CT molecular complexity index is 370. The third-order valence-electron chi connectivity index (χ3n) is 1.96. The van der Waals surface area contributed by atoms with E-state index in [0.717, 1.165) is 17.4 Å². The van der Waals surface area contributed by atoms with E-state index in [1.807, 2.05) is 25.1 Å². The number of nitrogens with zero attached hydrogens (tertiary/aromatic N) is 1. The van der Waals surface area contributed by atoms with E-state index in [1.165, 1.54) is 6.08 Å². The zero-order valence-electron chi connectivity index (χ0n) is 8.97. The van der Waals surface area contributed by atoms with Crippen molar-refractivity contribution < 1.29 is 9.90 Å². The van der Waals surface area contributed by atoms with Gasteiger partial charge in [0.05, 0.1) is 0 Å². The molecule has 0 fully saturated rings. The first kappa shape index (κ1) is 11.5. The Hall–Kier alpha value is -1.61. The van der Waals surface area contributed by atoms with Crippen molar-refractivity contribution in [2.24, 2.45) is 0 Å². The number of carbonyl (C=O) groups excluding carboxylic acids is 1. The number of carbonyl (C=O) groups is 1. The van der Waals surface area contributed by atoms with Crippen molar-refractivity contribution in [3.05, 3.63) is 35.4 Å². The van der Waals surface area contributed by atoms with E-state index in [9.17, 15) is 9.90 Å². The Morgan fingerprint density at radius 1 is 1.40 bits per heavy atom. The average Bonchev–Trinajstić information content (AvgIpc) is 2.18. The molecule has 0 unspecified atom stereocenters. The van der Waals surface area contributed by atoms with Crippen LogP contribution >= 0.6 is 0 Å². The quantitative estimate of drug-likeness (QED) is 0.600. The molecule has 15 heavy (non-hydrogen) atoms. The average molecular weight is 205 g/mol. The first-order valence-electron chi connectivity index (χ1n) is 4.72. The van der Waals surface area contributed by atoms with Gasteiger partial charge in [0, 0.05) is 12.1 Å². The first-order valence-corrected chi connectivity index (χ1v) is 4.72. The summed E-state index contributed by atoms with van der Waals surface area (Å²) in [7, 11) is 3.88. The Morgan fingerprint density at radius 2 is 2.13 bits per heavy atom. The molecule has 1 aromatic rings. The lowest BCUT2D eigenvalue weighted by Gasteiger charge is -2.11. The van der Waals surface area contributed by atoms with Crippen LogP contribution in [0.1, 0.15) is 11.1 Å². The minimum atomic E-state index is 0.284. The normalized spacial score (nSPS) is 11.1. The van der Waals surface area contributed by atoms with Crippen molar-refractivity contribution >= 4 is 12.4 Å². The Kier molecular flexibility index (Phi) is 4.06. The minimum Gasteiger partial charge on any atom is -0.508 e. The van der Waals surface area contributed by atoms with Crippen molar-refractivity contribution in [2.45, 2.75) is 6.54 Å². The molecule has 0 heterocycles. The van der Waals surface area contributed by atoms with Gasteiger partial charge in [-0.1, -0.05) is 12.1 Å². The predicted molar refractivity (Wildman–Crippen MR) is 60.6 cm³/mol. The maximum atomic E-state index is 10.2. The van der Waals surface area contributed by atoms with Crippen molar-refractivity contribution in [1.82, 2.24) is 4.90 Å². The standard InChI is InChI=1S/C12H15NO2/c1-13(2)9-11-8-10(4-3-7-14)5-6-12(11)15/h3-8,15H,9H2,1-2H3. The highest BCUT2D eigenvalue weighted by Gasteiger charge is 2.02. The molecule has 0 saturated heterocycles. The van der Waals surface area contributed by atoms with E-state index in [-0.39, 0.29) is 5.75 Å². The van der Waals surface area contributed by atoms with Crippen LogP contribution in [0.3, 0.4) is 0 Å². The van der Waals surface area contributed by atoms with Crippen LogP contribution in [0.4, 0.5) is 0 Å². The van der Waals surface area contributed by atoms with E-state index in [0.29, 0.717) is 6.54 Å². The molecule has 0 bridgehead atoms. The van der Waals surface area contributed by atoms with Crippen molar-refractivity contribution in [2.75, 3.05) is 14.1 Å². The molecule has 0 aromatic heterocycles. The third kappa shape index (κ3) is 3.56. The summed E-state index contributed by atoms with van der Waals surface area (Å²) in [4.78, 5) is 12.1. The van der Waals surface area contributed by atoms with Crippen LogP contribution in [0.2, 0.25) is 0 Å². The fraction of sp³-hybridized carbons (Fsp3) is 0.250. The van der Waals surface area contributed by atoms with Gasteiger partial charge in [0.25, 0.3) is 0 Å². The Balaban J connectivity index is 2.94. The molecule has 0 atom stereocenters. The second-order valence-electron chi connectivity index (χ2n) is 3.62. The number of phenolic OH excluding ortho intramolecular Hbond substituents is 1. The number of rotatable bonds is 4. The number of phenols is 1. The summed E-state index contributed by atoms with van der Waals surface area (Å²) in [5, 5.41) is 9.59. The summed E-state index contributed by atoms with van der Waals surface area (Å²) < 4.78 is 0. The van der Waals surface area contributed by atoms with Crippen LogP contribution in [0.25, 0.3) is 6.08 Å². The van der Waals surface area contributed by atoms with Crippen molar-refractivity contribution in [1.29, 1.82) is 0 Å². The molecule has 80 valence electrons. The molecular formula is C12H15NO2. The molecule has 3 heteroatoms. The summed E-state index contributed by atoms with van der Waals surface area (Å²) in [6, 6.07) is 5.28. The van der Waals surface area contributed by atoms with Gasteiger partial charge in [0.1, 0.15) is 12.0 Å². The second-order valence-corrected chi connectivity index (χ2v) is 3.62. The van der Waals surface area contributed by atoms with Crippen LogP contribution in [-0.2, 0) is 11.3 Å². The highest BCUT2D eigenvalue weighted by atomic mass is 16.3. The lowest BCUT2D eigenvalue weighted by Crippen LogP contribution is -2.10. The maximum Gasteiger partial charge on any atom is 0.142 e. The van der Waals surface area contributed by atoms with E-state index < -0.39 is 0 Å². The number of aromatic hydroxyl groups is 1. The molecule has 0 radical (unpaired) electrons. The van der Waals surface area contributed by atoms with E-state index in [2.05, 4.69) is 0 Å². The zero-order valence-corrected chi connectivity index (χ0v) is 8.97. The number of allylic oxidation sites excluding steroid dienone is 1. The monoisotopic (exact) mass is 205 g/mol. The number of hydrogen-bond acceptors (Lipinski definition) is 3. The highest BCUT2D eigenvalue weighted by Crippen LogP contribution is 2.20. The molecule has 1 N–H and O–H groups in total. The van der Waals surface area contributed by atoms with Crippen LogP contribution < -0.4 is 0 Å². The molecule has 0 saturated carbocycles. The van der Waals surface area contributed by atoms with Crippen LogP contribution in [0, 0.1) is 0 Å². The summed E-state index contributed by atoms with van der Waals surface area (Å²) in [6.07, 6.45) is 3.88. The van der Waals surface area contributed by atoms with Gasteiger partial charge < -0.3 is 10.0 Å². The summed E-state index contributed by atoms with van der Waals surface area (Å²) in [5.74, 6) is 0.284. The highest BCUT2D eigenvalue weighted by molar-refractivity contribution is 5.74. The maximum absolute atomic E-state index is 10.2.